The van der Waals surface area contributed by atoms with Gasteiger partial charge < -0.3 is 10.1 Å². The van der Waals surface area contributed by atoms with Crippen molar-refractivity contribution in [3.63, 3.8) is 0 Å². The second kappa shape index (κ2) is 7.78. The number of aryl methyl sites for hydroxylation is 1. The summed E-state index contributed by atoms with van der Waals surface area (Å²) in [5.74, 6) is -0.717. The summed E-state index contributed by atoms with van der Waals surface area (Å²) >= 11 is 1.32. The first-order valence-electron chi connectivity index (χ1n) is 6.78. The van der Waals surface area contributed by atoms with Crippen LogP contribution < -0.4 is 10.6 Å². The zero-order valence-electron chi connectivity index (χ0n) is 12.7. The maximum atomic E-state index is 12.2. The van der Waals surface area contributed by atoms with Gasteiger partial charge in [0.1, 0.15) is 5.00 Å². The van der Waals surface area contributed by atoms with Crippen LogP contribution in [0.2, 0.25) is 0 Å². The molecule has 1 rings (SSSR count). The van der Waals surface area contributed by atoms with E-state index in [1.54, 1.807) is 13.8 Å². The van der Waals surface area contributed by atoms with Crippen LogP contribution in [0, 0.1) is 13.8 Å². The Labute approximate surface area is 127 Å². The van der Waals surface area contributed by atoms with Gasteiger partial charge in [0.25, 0.3) is 5.91 Å². The number of amides is 3. The van der Waals surface area contributed by atoms with Gasteiger partial charge in [0.05, 0.1) is 12.2 Å². The molecule has 0 saturated carbocycles. The van der Waals surface area contributed by atoms with Gasteiger partial charge in [-0.05, 0) is 32.8 Å². The number of nitrogens with one attached hydrogen (secondary N) is 2. The van der Waals surface area contributed by atoms with Crippen molar-refractivity contribution in [1.29, 1.82) is 0 Å². The SMILES string of the molecule is CCCC(=O)Nc1sc(C)c(C)c1C(=O)NC(=O)OCC. The summed E-state index contributed by atoms with van der Waals surface area (Å²) in [6, 6.07) is 0. The zero-order valence-corrected chi connectivity index (χ0v) is 13.5. The predicted molar refractivity (Wildman–Crippen MR) is 81.8 cm³/mol. The lowest BCUT2D eigenvalue weighted by Gasteiger charge is -2.07. The second-order valence-corrected chi connectivity index (χ2v) is 5.68. The lowest BCUT2D eigenvalue weighted by Crippen LogP contribution is -2.31. The molecule has 0 radical (unpaired) electrons. The molecule has 1 aromatic rings. The molecule has 1 aromatic heterocycles. The van der Waals surface area contributed by atoms with Crippen LogP contribution >= 0.6 is 11.3 Å². The van der Waals surface area contributed by atoms with Crippen molar-refractivity contribution in [1.82, 2.24) is 5.32 Å². The molecule has 0 bridgehead atoms. The Morgan fingerprint density at radius 3 is 2.43 bits per heavy atom. The molecule has 1 heterocycles. The van der Waals surface area contributed by atoms with E-state index < -0.39 is 12.0 Å². The smallest absolute Gasteiger partial charge is 0.414 e. The first-order valence-corrected chi connectivity index (χ1v) is 7.60. The number of thiophene rings is 1. The fraction of sp³-hybridized carbons (Fsp3) is 0.500. The highest BCUT2D eigenvalue weighted by atomic mass is 32.1. The van der Waals surface area contributed by atoms with Crippen LogP contribution in [0.3, 0.4) is 0 Å². The summed E-state index contributed by atoms with van der Waals surface area (Å²) in [4.78, 5) is 36.1. The van der Waals surface area contributed by atoms with Gasteiger partial charge >= 0.3 is 6.09 Å². The number of rotatable bonds is 5. The standard InChI is InChI=1S/C14H20N2O4S/c1-5-7-10(17)15-13-11(8(3)9(4)21-13)12(18)16-14(19)20-6-2/h5-7H2,1-4H3,(H,15,17)(H,16,18,19). The Kier molecular flexibility index (Phi) is 6.36. The quantitative estimate of drug-likeness (QED) is 0.875. The highest BCUT2D eigenvalue weighted by Gasteiger charge is 2.22. The predicted octanol–water partition coefficient (Wildman–Crippen LogP) is 2.99. The summed E-state index contributed by atoms with van der Waals surface area (Å²) in [5.41, 5.74) is 1.06. The first-order chi connectivity index (χ1) is 9.90. The molecule has 21 heavy (non-hydrogen) atoms. The average molecular weight is 312 g/mol. The van der Waals surface area contributed by atoms with Crippen molar-refractivity contribution < 1.29 is 19.1 Å². The van der Waals surface area contributed by atoms with E-state index in [2.05, 4.69) is 15.4 Å². The molecule has 0 aliphatic rings. The fourth-order valence-corrected chi connectivity index (χ4v) is 2.80. The van der Waals surface area contributed by atoms with E-state index >= 15 is 0 Å². The van der Waals surface area contributed by atoms with Crippen molar-refractivity contribution in [2.24, 2.45) is 0 Å². The molecule has 0 fully saturated rings. The number of carbonyl (C=O) groups is 3. The molecule has 0 aliphatic heterocycles. The van der Waals surface area contributed by atoms with E-state index in [1.165, 1.54) is 11.3 Å². The minimum Gasteiger partial charge on any atom is -0.450 e. The molecular weight excluding hydrogens is 292 g/mol. The lowest BCUT2D eigenvalue weighted by molar-refractivity contribution is -0.116. The van der Waals surface area contributed by atoms with Gasteiger partial charge in [-0.1, -0.05) is 6.92 Å². The molecule has 0 aromatic carbocycles. The molecule has 0 saturated heterocycles. The van der Waals surface area contributed by atoms with Gasteiger partial charge in [-0.3, -0.25) is 14.9 Å². The minimum absolute atomic E-state index is 0.149. The Morgan fingerprint density at radius 2 is 1.86 bits per heavy atom. The van der Waals surface area contributed by atoms with Gasteiger partial charge in [-0.25, -0.2) is 4.79 Å². The number of hydrogen-bond donors (Lipinski definition) is 2. The van der Waals surface area contributed by atoms with E-state index in [9.17, 15) is 14.4 Å². The van der Waals surface area contributed by atoms with Crippen LogP contribution in [0.5, 0.6) is 0 Å². The Hall–Kier alpha value is -1.89. The second-order valence-electron chi connectivity index (χ2n) is 4.46. The van der Waals surface area contributed by atoms with Crippen molar-refractivity contribution in [3.05, 3.63) is 16.0 Å². The average Bonchev–Trinajstić information content (AvgIpc) is 2.65. The maximum absolute atomic E-state index is 12.2. The summed E-state index contributed by atoms with van der Waals surface area (Å²) in [7, 11) is 0. The normalized spacial score (nSPS) is 10.1. The monoisotopic (exact) mass is 312 g/mol. The molecule has 6 nitrogen and oxygen atoms in total. The van der Waals surface area contributed by atoms with Crippen LogP contribution in [0.1, 0.15) is 47.5 Å². The van der Waals surface area contributed by atoms with Crippen molar-refractivity contribution in [2.45, 2.75) is 40.5 Å². The molecule has 3 amide bonds. The Balaban J connectivity index is 2.96. The van der Waals surface area contributed by atoms with Crippen LogP contribution in [-0.2, 0) is 9.53 Å². The van der Waals surface area contributed by atoms with Crippen LogP contribution in [0.4, 0.5) is 9.80 Å². The molecule has 7 heteroatoms. The van der Waals surface area contributed by atoms with Crippen LogP contribution in [0.15, 0.2) is 0 Å². The third-order valence-electron chi connectivity index (χ3n) is 2.83. The molecule has 116 valence electrons. The van der Waals surface area contributed by atoms with E-state index in [-0.39, 0.29) is 12.5 Å². The number of ether oxygens (including phenoxy) is 1. The fourth-order valence-electron chi connectivity index (χ4n) is 1.73. The third kappa shape index (κ3) is 4.56. The van der Waals surface area contributed by atoms with E-state index in [0.29, 0.717) is 17.0 Å². The number of carbonyl (C=O) groups excluding carboxylic acids is 3. The van der Waals surface area contributed by atoms with Crippen LogP contribution in [0.25, 0.3) is 0 Å². The Morgan fingerprint density at radius 1 is 1.19 bits per heavy atom. The first kappa shape index (κ1) is 17.2. The minimum atomic E-state index is -0.795. The number of anilines is 1. The third-order valence-corrected chi connectivity index (χ3v) is 3.96. The summed E-state index contributed by atoms with van der Waals surface area (Å²) in [6.07, 6.45) is 0.311. The highest BCUT2D eigenvalue weighted by Crippen LogP contribution is 2.32. The highest BCUT2D eigenvalue weighted by molar-refractivity contribution is 7.16. The maximum Gasteiger partial charge on any atom is 0.414 e. The number of imide groups is 1. The van der Waals surface area contributed by atoms with Crippen LogP contribution in [-0.4, -0.2) is 24.5 Å². The molecule has 2 N–H and O–H groups in total. The summed E-state index contributed by atoms with van der Waals surface area (Å²) < 4.78 is 4.69. The molecule has 0 aliphatic carbocycles. The van der Waals surface area contributed by atoms with E-state index in [0.717, 1.165) is 16.9 Å². The molecular formula is C14H20N2O4S. The van der Waals surface area contributed by atoms with Crippen molar-refractivity contribution in [2.75, 3.05) is 11.9 Å². The largest absolute Gasteiger partial charge is 0.450 e. The Bertz CT molecular complexity index is 551. The summed E-state index contributed by atoms with van der Waals surface area (Å²) in [5, 5.41) is 5.34. The van der Waals surface area contributed by atoms with Crippen molar-refractivity contribution >= 4 is 34.2 Å². The molecule has 0 spiro atoms. The number of alkyl carbamates (subject to hydrolysis) is 1. The van der Waals surface area contributed by atoms with Crippen molar-refractivity contribution in [3.8, 4) is 0 Å². The van der Waals surface area contributed by atoms with Gasteiger partial charge in [0.2, 0.25) is 5.91 Å². The van der Waals surface area contributed by atoms with Gasteiger partial charge in [-0.2, -0.15) is 0 Å². The lowest BCUT2D eigenvalue weighted by atomic mass is 10.1. The number of hydrogen-bond acceptors (Lipinski definition) is 5. The molecule has 0 unspecified atom stereocenters. The van der Waals surface area contributed by atoms with Gasteiger partial charge in [-0.15, -0.1) is 11.3 Å². The van der Waals surface area contributed by atoms with Gasteiger partial charge in [0.15, 0.2) is 0 Å². The van der Waals surface area contributed by atoms with E-state index in [1.807, 2.05) is 13.8 Å². The van der Waals surface area contributed by atoms with E-state index in [4.69, 9.17) is 0 Å². The molecule has 0 atom stereocenters. The van der Waals surface area contributed by atoms with Gasteiger partial charge in [0, 0.05) is 11.3 Å². The zero-order chi connectivity index (χ0) is 16.0. The summed E-state index contributed by atoms with van der Waals surface area (Å²) in [6.45, 7) is 7.37. The topological polar surface area (TPSA) is 84.5 Å².